The number of amides is 2. The molecular weight excluding hydrogens is 448 g/mol. The molecule has 2 aromatic rings. The van der Waals surface area contributed by atoms with Crippen molar-refractivity contribution in [3.05, 3.63) is 35.9 Å². The normalized spacial score (nSPS) is 18.4. The molecule has 0 bridgehead atoms. The number of sulfone groups is 1. The molecule has 0 radical (unpaired) electrons. The summed E-state index contributed by atoms with van der Waals surface area (Å²) in [4.78, 5) is 14.4. The van der Waals surface area contributed by atoms with Crippen molar-refractivity contribution in [2.24, 2.45) is 15.9 Å². The number of nitrogens with one attached hydrogen (secondary N) is 2. The fourth-order valence-electron chi connectivity index (χ4n) is 3.46. The Morgan fingerprint density at radius 1 is 1.16 bits per heavy atom. The number of tetrazole rings is 1. The highest BCUT2D eigenvalue weighted by atomic mass is 32.2. The van der Waals surface area contributed by atoms with Gasteiger partial charge in [-0.1, -0.05) is 18.2 Å². The van der Waals surface area contributed by atoms with Crippen molar-refractivity contribution in [3.63, 3.8) is 0 Å². The van der Waals surface area contributed by atoms with Gasteiger partial charge in [-0.15, -0.1) is 10.2 Å². The Labute approximate surface area is 176 Å². The number of primary sulfonamides is 1. The second-order valence-electron chi connectivity index (χ2n) is 6.60. The van der Waals surface area contributed by atoms with E-state index in [2.05, 4.69) is 30.9 Å². The molecule has 2 aliphatic rings. The van der Waals surface area contributed by atoms with Crippen molar-refractivity contribution >= 4 is 37.2 Å². The first kappa shape index (κ1) is 21.0. The van der Waals surface area contributed by atoms with Crippen molar-refractivity contribution in [3.8, 4) is 11.4 Å². The number of carbonyl (C=O) groups excluding carboxylic acids is 1. The molecule has 31 heavy (non-hydrogen) atoms. The van der Waals surface area contributed by atoms with Crippen LogP contribution >= 0.6 is 0 Å². The number of fused-ring (bicyclic) bond motifs is 1. The standard InChI is InChI=1S/C16H16N8O5S2/c17-6-7-30(26,27)11-5-4-8(9-2-1-3-10-13(9)20-16(25)19-10)12(14(11)31(18,28)29)15-21-23-24-22-15/h1-5,13H,6-7,17H2,(H,20,25)(H2,18,28,29)(H,21,22,23,24). The average molecular weight is 464 g/mol. The van der Waals surface area contributed by atoms with E-state index in [4.69, 9.17) is 10.9 Å². The smallest absolute Gasteiger partial charge is 0.329 e. The third-order valence-corrected chi connectivity index (χ3v) is 7.56. The van der Waals surface area contributed by atoms with E-state index in [9.17, 15) is 21.6 Å². The first-order chi connectivity index (χ1) is 14.6. The summed E-state index contributed by atoms with van der Waals surface area (Å²) in [7, 11) is -8.70. The molecule has 1 atom stereocenters. The van der Waals surface area contributed by atoms with Gasteiger partial charge in [-0.25, -0.2) is 26.8 Å². The zero-order valence-corrected chi connectivity index (χ0v) is 17.3. The molecule has 1 aliphatic carbocycles. The first-order valence-electron chi connectivity index (χ1n) is 8.77. The maximum Gasteiger partial charge on any atom is 0.342 e. The number of carbonyl (C=O) groups is 1. The Morgan fingerprint density at radius 3 is 2.58 bits per heavy atom. The van der Waals surface area contributed by atoms with Crippen molar-refractivity contribution in [2.75, 3.05) is 12.3 Å². The number of nitrogens with zero attached hydrogens (tertiary/aromatic N) is 4. The average Bonchev–Trinajstić information content (AvgIpc) is 3.34. The summed E-state index contributed by atoms with van der Waals surface area (Å²) in [6, 6.07) is 1.29. The zero-order valence-electron chi connectivity index (χ0n) is 15.7. The zero-order chi connectivity index (χ0) is 22.4. The van der Waals surface area contributed by atoms with Crippen LogP contribution in [0.4, 0.5) is 4.79 Å². The summed E-state index contributed by atoms with van der Waals surface area (Å²) in [5, 5.41) is 21.4. The molecule has 0 saturated carbocycles. The minimum absolute atomic E-state index is 0.170. The SMILES string of the molecule is NCCS(=O)(=O)c1ccc(C2=CC=CC3=NC(=O)NC23)c(-c2nn[nH]n2)c1S(N)(=O)=O. The van der Waals surface area contributed by atoms with E-state index in [1.165, 1.54) is 6.07 Å². The Balaban J connectivity index is 2.07. The number of nitrogens with two attached hydrogens (primary N) is 2. The molecule has 6 N–H and O–H groups in total. The Bertz CT molecular complexity index is 1380. The van der Waals surface area contributed by atoms with Crippen molar-refractivity contribution in [1.29, 1.82) is 0 Å². The number of aliphatic imine (C=N–C) groups is 1. The van der Waals surface area contributed by atoms with E-state index >= 15 is 0 Å². The van der Waals surface area contributed by atoms with Crippen LogP contribution < -0.4 is 16.2 Å². The fourth-order valence-corrected chi connectivity index (χ4v) is 6.21. The van der Waals surface area contributed by atoms with Crippen LogP contribution in [-0.4, -0.2) is 67.5 Å². The molecule has 2 heterocycles. The summed E-state index contributed by atoms with van der Waals surface area (Å²) in [5.74, 6) is -0.691. The predicted octanol–water partition coefficient (Wildman–Crippen LogP) is -1.27. The molecule has 0 spiro atoms. The Morgan fingerprint density at radius 2 is 1.94 bits per heavy atom. The van der Waals surface area contributed by atoms with Crippen molar-refractivity contribution in [1.82, 2.24) is 25.9 Å². The number of urea groups is 1. The minimum atomic E-state index is -4.59. The molecule has 2 amide bonds. The first-order valence-corrected chi connectivity index (χ1v) is 12.0. The second-order valence-corrected chi connectivity index (χ2v) is 10.2. The van der Waals surface area contributed by atoms with Gasteiger partial charge in [-0.2, -0.15) is 10.2 Å². The number of benzene rings is 1. The number of allylic oxidation sites excluding steroid dienone is 2. The van der Waals surface area contributed by atoms with Gasteiger partial charge in [-0.3, -0.25) is 0 Å². The molecule has 4 rings (SSSR count). The molecule has 1 unspecified atom stereocenters. The van der Waals surface area contributed by atoms with Gasteiger partial charge in [0, 0.05) is 6.54 Å². The van der Waals surface area contributed by atoms with Gasteiger partial charge >= 0.3 is 6.03 Å². The number of rotatable bonds is 6. The van der Waals surface area contributed by atoms with E-state index in [0.717, 1.165) is 6.07 Å². The summed E-state index contributed by atoms with van der Waals surface area (Å²) in [6.07, 6.45) is 4.89. The molecule has 0 fully saturated rings. The van der Waals surface area contributed by atoms with Gasteiger partial charge < -0.3 is 11.1 Å². The Kier molecular flexibility index (Phi) is 5.04. The lowest BCUT2D eigenvalue weighted by Crippen LogP contribution is -2.34. The summed E-state index contributed by atoms with van der Waals surface area (Å²) >= 11 is 0. The maximum absolute atomic E-state index is 12.8. The predicted molar refractivity (Wildman–Crippen MR) is 109 cm³/mol. The topological polar surface area (TPSA) is 216 Å². The van der Waals surface area contributed by atoms with Gasteiger partial charge in [0.1, 0.15) is 4.90 Å². The van der Waals surface area contributed by atoms with Gasteiger partial charge in [0.25, 0.3) is 0 Å². The minimum Gasteiger partial charge on any atom is -0.329 e. The molecule has 1 aromatic heterocycles. The lowest BCUT2D eigenvalue weighted by Gasteiger charge is -2.22. The van der Waals surface area contributed by atoms with Crippen LogP contribution in [0.1, 0.15) is 5.56 Å². The van der Waals surface area contributed by atoms with Crippen LogP contribution in [-0.2, 0) is 19.9 Å². The maximum atomic E-state index is 12.8. The molecule has 162 valence electrons. The lowest BCUT2D eigenvalue weighted by atomic mass is 9.88. The van der Waals surface area contributed by atoms with E-state index in [-0.39, 0.29) is 23.5 Å². The third-order valence-electron chi connectivity index (χ3n) is 4.66. The highest BCUT2D eigenvalue weighted by molar-refractivity contribution is 7.93. The molecule has 13 nitrogen and oxygen atoms in total. The highest BCUT2D eigenvalue weighted by Gasteiger charge is 2.36. The second kappa shape index (κ2) is 7.45. The fraction of sp³-hybridized carbons (Fsp3) is 0.188. The highest BCUT2D eigenvalue weighted by Crippen LogP contribution is 2.39. The van der Waals surface area contributed by atoms with E-state index in [0.29, 0.717) is 11.3 Å². The number of aromatic amines is 1. The number of hydrogen-bond acceptors (Lipinski definition) is 9. The summed E-state index contributed by atoms with van der Waals surface area (Å²) in [5.41, 5.74) is 6.32. The monoisotopic (exact) mass is 464 g/mol. The van der Waals surface area contributed by atoms with Crippen LogP contribution in [0.15, 0.2) is 45.1 Å². The summed E-state index contributed by atoms with van der Waals surface area (Å²) < 4.78 is 50.7. The van der Waals surface area contributed by atoms with Crippen LogP contribution in [0.2, 0.25) is 0 Å². The van der Waals surface area contributed by atoms with Gasteiger partial charge in [0.2, 0.25) is 15.8 Å². The van der Waals surface area contributed by atoms with Crippen LogP contribution in [0.3, 0.4) is 0 Å². The van der Waals surface area contributed by atoms with Gasteiger partial charge in [0.15, 0.2) is 9.84 Å². The van der Waals surface area contributed by atoms with E-state index in [1.807, 2.05) is 0 Å². The Hall–Kier alpha value is -3.27. The quantitative estimate of drug-likeness (QED) is 0.400. The van der Waals surface area contributed by atoms with Crippen LogP contribution in [0, 0.1) is 0 Å². The molecule has 15 heteroatoms. The number of H-pyrrole nitrogens is 1. The van der Waals surface area contributed by atoms with Crippen LogP contribution in [0.25, 0.3) is 17.0 Å². The lowest BCUT2D eigenvalue weighted by molar-refractivity contribution is 0.251. The van der Waals surface area contributed by atoms with Crippen molar-refractivity contribution in [2.45, 2.75) is 15.8 Å². The molecule has 0 saturated heterocycles. The number of sulfonamides is 1. The van der Waals surface area contributed by atoms with Gasteiger partial charge in [0.05, 0.1) is 28.0 Å². The van der Waals surface area contributed by atoms with Gasteiger partial charge in [-0.05, 0) is 28.5 Å². The third kappa shape index (κ3) is 3.67. The molecular formula is C16H16N8O5S2. The largest absolute Gasteiger partial charge is 0.342 e. The number of hydrogen-bond donors (Lipinski definition) is 4. The van der Waals surface area contributed by atoms with Crippen molar-refractivity contribution < 1.29 is 21.6 Å². The van der Waals surface area contributed by atoms with Crippen LogP contribution in [0.5, 0.6) is 0 Å². The summed E-state index contributed by atoms with van der Waals surface area (Å²) in [6.45, 7) is -0.227. The van der Waals surface area contributed by atoms with E-state index < -0.39 is 47.5 Å². The molecule has 1 aliphatic heterocycles. The molecule has 1 aromatic carbocycles. The number of aromatic nitrogens is 4. The van der Waals surface area contributed by atoms with E-state index in [1.54, 1.807) is 18.2 Å².